The monoisotopic (exact) mass is 514 g/mol. The van der Waals surface area contributed by atoms with Crippen LogP contribution in [-0.4, -0.2) is 7.28 Å². The molecule has 0 nitrogen and oxygen atoms in total. The van der Waals surface area contributed by atoms with Gasteiger partial charge in [-0.2, -0.15) is 0 Å². The van der Waals surface area contributed by atoms with E-state index in [1.165, 1.54) is 83.9 Å². The molecule has 0 aliphatic rings. The van der Waals surface area contributed by atoms with Gasteiger partial charge < -0.3 is 0 Å². The molecule has 39 heavy (non-hydrogen) atoms. The number of unbranched alkanes of at least 4 members (excludes halogenated alkanes) is 1. The Kier molecular flexibility index (Phi) is 9.21. The number of hydrogen-bond donors (Lipinski definition) is 0. The molecule has 0 amide bonds. The Balaban J connectivity index is 1.88. The molecule has 0 radical (unpaired) electrons. The second kappa shape index (κ2) is 12.4. The second-order valence-electron chi connectivity index (χ2n) is 12.9. The van der Waals surface area contributed by atoms with Crippen LogP contribution in [0, 0.1) is 13.8 Å². The number of hydrogen-bond acceptors (Lipinski definition) is 0. The lowest BCUT2D eigenvalue weighted by molar-refractivity contribution is 0.459. The van der Waals surface area contributed by atoms with Crippen LogP contribution in [-0.2, 0) is 5.31 Å². The molecule has 4 aromatic carbocycles. The summed E-state index contributed by atoms with van der Waals surface area (Å²) < 4.78 is 0. The standard InChI is InChI=1S/C38H47B/c1-8-10-22-38(21-9-2,39-37(5,6)7)36-28(3)23-32(24-29(36)4)35-26-33(30-17-13-11-14-18-30)25-34(27-35)31-19-15-12-16-20-31/h11-20,23-27,39H,8-10,21-22H2,1-7H3. The van der Waals surface area contributed by atoms with Gasteiger partial charge >= 0.3 is 0 Å². The summed E-state index contributed by atoms with van der Waals surface area (Å²) in [6, 6.07) is 33.6. The zero-order valence-corrected chi connectivity index (χ0v) is 25.4. The summed E-state index contributed by atoms with van der Waals surface area (Å²) in [5, 5.41) is 0.520. The summed E-state index contributed by atoms with van der Waals surface area (Å²) in [5.74, 6) is 0. The third-order valence-corrected chi connectivity index (χ3v) is 8.15. The Morgan fingerprint density at radius 3 is 1.38 bits per heavy atom. The number of benzene rings is 4. The van der Waals surface area contributed by atoms with Crippen LogP contribution in [0.25, 0.3) is 33.4 Å². The molecule has 4 aromatic rings. The van der Waals surface area contributed by atoms with Gasteiger partial charge in [0.15, 0.2) is 0 Å². The van der Waals surface area contributed by atoms with Crippen LogP contribution in [0.1, 0.15) is 83.4 Å². The lowest BCUT2D eigenvalue weighted by Gasteiger charge is -2.41. The van der Waals surface area contributed by atoms with E-state index >= 15 is 0 Å². The fraction of sp³-hybridized carbons (Fsp3) is 0.368. The zero-order chi connectivity index (χ0) is 28.0. The van der Waals surface area contributed by atoms with Crippen molar-refractivity contribution in [3.05, 3.63) is 108 Å². The van der Waals surface area contributed by atoms with Crippen LogP contribution in [0.15, 0.2) is 91.0 Å². The predicted molar refractivity (Wildman–Crippen MR) is 175 cm³/mol. The largest absolute Gasteiger partial charge is 0.140 e. The molecule has 1 unspecified atom stereocenters. The van der Waals surface area contributed by atoms with Crippen LogP contribution in [0.5, 0.6) is 0 Å². The van der Waals surface area contributed by atoms with E-state index in [-0.39, 0.29) is 10.6 Å². The minimum Gasteiger partial charge on any atom is -0.0670 e. The molecule has 0 heterocycles. The highest BCUT2D eigenvalue weighted by Gasteiger charge is 2.38. The molecular weight excluding hydrogens is 467 g/mol. The van der Waals surface area contributed by atoms with E-state index in [9.17, 15) is 0 Å². The van der Waals surface area contributed by atoms with E-state index < -0.39 is 0 Å². The van der Waals surface area contributed by atoms with E-state index in [1.807, 2.05) is 0 Å². The van der Waals surface area contributed by atoms with E-state index in [0.29, 0.717) is 0 Å². The lowest BCUT2D eigenvalue weighted by atomic mass is 9.36. The van der Waals surface area contributed by atoms with Crippen molar-refractivity contribution in [3.63, 3.8) is 0 Å². The van der Waals surface area contributed by atoms with Crippen LogP contribution in [0.2, 0.25) is 5.31 Å². The predicted octanol–water partition coefficient (Wildman–Crippen LogP) is 11.1. The van der Waals surface area contributed by atoms with Gasteiger partial charge in [0.25, 0.3) is 0 Å². The molecule has 0 aromatic heterocycles. The van der Waals surface area contributed by atoms with Crippen molar-refractivity contribution in [3.8, 4) is 33.4 Å². The normalized spacial score (nSPS) is 13.2. The minimum absolute atomic E-state index is 0.233. The molecule has 0 N–H and O–H groups in total. The second-order valence-corrected chi connectivity index (χ2v) is 12.9. The molecular formula is C38H47B. The van der Waals surface area contributed by atoms with Gasteiger partial charge in [-0.1, -0.05) is 145 Å². The van der Waals surface area contributed by atoms with E-state index in [1.54, 1.807) is 5.56 Å². The SMILES string of the molecule is CCCCC(BC(C)(C)C)(CCC)c1c(C)cc(-c2cc(-c3ccccc3)cc(-c3ccccc3)c2)cc1C. The van der Waals surface area contributed by atoms with Crippen molar-refractivity contribution >= 4 is 7.28 Å². The molecule has 4 rings (SSSR count). The third-order valence-electron chi connectivity index (χ3n) is 8.15. The van der Waals surface area contributed by atoms with Crippen molar-refractivity contribution in [2.24, 2.45) is 0 Å². The summed E-state index contributed by atoms with van der Waals surface area (Å²) in [4.78, 5) is 0. The molecule has 0 aliphatic carbocycles. The van der Waals surface area contributed by atoms with Gasteiger partial charge in [-0.15, -0.1) is 0 Å². The molecule has 0 spiro atoms. The summed E-state index contributed by atoms with van der Waals surface area (Å²) >= 11 is 0. The Hall–Kier alpha value is -3.06. The number of aryl methyl sites for hydroxylation is 2. The highest BCUT2D eigenvalue weighted by Crippen LogP contribution is 2.44. The van der Waals surface area contributed by atoms with Crippen molar-refractivity contribution in [1.29, 1.82) is 0 Å². The number of rotatable bonds is 10. The highest BCUT2D eigenvalue weighted by molar-refractivity contribution is 6.44. The minimum atomic E-state index is 0.233. The van der Waals surface area contributed by atoms with Gasteiger partial charge in [-0.25, -0.2) is 0 Å². The maximum absolute atomic E-state index is 2.47. The fourth-order valence-electron chi connectivity index (χ4n) is 7.00. The van der Waals surface area contributed by atoms with Gasteiger partial charge in [-0.3, -0.25) is 0 Å². The van der Waals surface area contributed by atoms with E-state index in [4.69, 9.17) is 0 Å². The van der Waals surface area contributed by atoms with Crippen LogP contribution < -0.4 is 0 Å². The quantitative estimate of drug-likeness (QED) is 0.185. The molecule has 1 heteroatoms. The molecule has 0 fully saturated rings. The first-order valence-corrected chi connectivity index (χ1v) is 15.0. The molecule has 0 aliphatic heterocycles. The van der Waals surface area contributed by atoms with E-state index in [2.05, 4.69) is 139 Å². The molecule has 0 bridgehead atoms. The molecule has 0 saturated carbocycles. The van der Waals surface area contributed by atoms with Crippen molar-refractivity contribution in [1.82, 2.24) is 0 Å². The topological polar surface area (TPSA) is 0 Å². The summed E-state index contributed by atoms with van der Waals surface area (Å²) in [6.07, 6.45) is 6.29. The van der Waals surface area contributed by atoms with Crippen LogP contribution in [0.3, 0.4) is 0 Å². The van der Waals surface area contributed by atoms with Gasteiger partial charge in [0.2, 0.25) is 0 Å². The smallest absolute Gasteiger partial charge is 0.0670 e. The van der Waals surface area contributed by atoms with Crippen molar-refractivity contribution in [2.45, 2.75) is 91.2 Å². The maximum atomic E-state index is 2.47. The first-order valence-electron chi connectivity index (χ1n) is 15.0. The Bertz CT molecular complexity index is 1280. The zero-order valence-electron chi connectivity index (χ0n) is 25.4. The highest BCUT2D eigenvalue weighted by atomic mass is 14.3. The Morgan fingerprint density at radius 2 is 0.974 bits per heavy atom. The maximum Gasteiger partial charge on any atom is 0.140 e. The van der Waals surface area contributed by atoms with Crippen LogP contribution >= 0.6 is 0 Å². The van der Waals surface area contributed by atoms with Crippen molar-refractivity contribution in [2.75, 3.05) is 0 Å². The Morgan fingerprint density at radius 1 is 0.538 bits per heavy atom. The third kappa shape index (κ3) is 6.94. The van der Waals surface area contributed by atoms with Gasteiger partial charge in [0, 0.05) is 0 Å². The first kappa shape index (κ1) is 28.9. The fourth-order valence-corrected chi connectivity index (χ4v) is 7.00. The van der Waals surface area contributed by atoms with Crippen LogP contribution in [0.4, 0.5) is 0 Å². The van der Waals surface area contributed by atoms with Crippen molar-refractivity contribution < 1.29 is 0 Å². The van der Waals surface area contributed by atoms with Gasteiger partial charge in [0.05, 0.1) is 0 Å². The summed E-state index contributed by atoms with van der Waals surface area (Å²) in [6.45, 7) is 16.7. The van der Waals surface area contributed by atoms with Gasteiger partial charge in [-0.05, 0) is 87.4 Å². The average molecular weight is 515 g/mol. The summed E-state index contributed by atoms with van der Waals surface area (Å²) in [5.41, 5.74) is 12.2. The lowest BCUT2D eigenvalue weighted by Crippen LogP contribution is -2.39. The molecule has 202 valence electrons. The average Bonchev–Trinajstić information content (AvgIpc) is 2.91. The Labute approximate surface area is 239 Å². The van der Waals surface area contributed by atoms with E-state index in [0.717, 1.165) is 0 Å². The first-order chi connectivity index (χ1) is 18.7. The summed E-state index contributed by atoms with van der Waals surface area (Å²) in [7, 11) is 1.23. The molecule has 0 saturated heterocycles. The molecule has 1 atom stereocenters. The van der Waals surface area contributed by atoms with Gasteiger partial charge in [0.1, 0.15) is 7.28 Å².